The van der Waals surface area contributed by atoms with Crippen LogP contribution in [0.2, 0.25) is 5.02 Å². The SMILES string of the molecule is Fc1ccc(CC(CCl)Cc2ccc(Cl)cc2)cc1Br. The van der Waals surface area contributed by atoms with E-state index in [-0.39, 0.29) is 5.82 Å². The fourth-order valence-electron chi connectivity index (χ4n) is 2.14. The Morgan fingerprint density at radius 1 is 1.00 bits per heavy atom. The molecule has 0 bridgehead atoms. The molecule has 0 nitrogen and oxygen atoms in total. The van der Waals surface area contributed by atoms with Crippen molar-refractivity contribution in [1.82, 2.24) is 0 Å². The summed E-state index contributed by atoms with van der Waals surface area (Å²) in [6.07, 6.45) is 1.71. The van der Waals surface area contributed by atoms with Crippen LogP contribution in [-0.4, -0.2) is 5.88 Å². The first-order valence-electron chi connectivity index (χ1n) is 6.33. The third-order valence-corrected chi connectivity index (χ3v) is 4.46. The topological polar surface area (TPSA) is 0 Å². The van der Waals surface area contributed by atoms with E-state index in [9.17, 15) is 4.39 Å². The Morgan fingerprint density at radius 3 is 2.20 bits per heavy atom. The Kier molecular flexibility index (Phi) is 5.88. The van der Waals surface area contributed by atoms with E-state index in [0.29, 0.717) is 16.3 Å². The van der Waals surface area contributed by atoms with Gasteiger partial charge in [-0.15, -0.1) is 11.6 Å². The Labute approximate surface area is 137 Å². The number of alkyl halides is 1. The highest BCUT2D eigenvalue weighted by atomic mass is 79.9. The molecule has 1 unspecified atom stereocenters. The minimum absolute atomic E-state index is 0.242. The van der Waals surface area contributed by atoms with Crippen molar-refractivity contribution in [3.63, 3.8) is 0 Å². The van der Waals surface area contributed by atoms with E-state index in [1.165, 1.54) is 11.6 Å². The van der Waals surface area contributed by atoms with E-state index in [4.69, 9.17) is 23.2 Å². The molecule has 0 saturated carbocycles. The molecule has 0 saturated heterocycles. The lowest BCUT2D eigenvalue weighted by molar-refractivity contribution is 0.580. The second kappa shape index (κ2) is 7.44. The molecule has 20 heavy (non-hydrogen) atoms. The van der Waals surface area contributed by atoms with Gasteiger partial charge >= 0.3 is 0 Å². The van der Waals surface area contributed by atoms with Gasteiger partial charge in [0.25, 0.3) is 0 Å². The molecule has 0 radical (unpaired) electrons. The monoisotopic (exact) mass is 374 g/mol. The number of benzene rings is 2. The summed E-state index contributed by atoms with van der Waals surface area (Å²) in [6, 6.07) is 12.9. The Hall–Kier alpha value is -0.570. The van der Waals surface area contributed by atoms with E-state index in [1.807, 2.05) is 36.4 Å². The lowest BCUT2D eigenvalue weighted by Crippen LogP contribution is -2.10. The van der Waals surface area contributed by atoms with Gasteiger partial charge in [0.15, 0.2) is 0 Å². The lowest BCUT2D eigenvalue weighted by Gasteiger charge is -2.14. The molecule has 4 heteroatoms. The van der Waals surface area contributed by atoms with Gasteiger partial charge < -0.3 is 0 Å². The van der Waals surface area contributed by atoms with E-state index in [1.54, 1.807) is 0 Å². The molecule has 2 aromatic rings. The van der Waals surface area contributed by atoms with Crippen LogP contribution >= 0.6 is 39.1 Å². The van der Waals surface area contributed by atoms with Gasteiger partial charge in [0, 0.05) is 10.9 Å². The molecule has 0 aromatic heterocycles. The predicted molar refractivity (Wildman–Crippen MR) is 87.2 cm³/mol. The fourth-order valence-corrected chi connectivity index (χ4v) is 2.91. The normalized spacial score (nSPS) is 12.4. The van der Waals surface area contributed by atoms with Crippen molar-refractivity contribution in [3.8, 4) is 0 Å². The summed E-state index contributed by atoms with van der Waals surface area (Å²) in [4.78, 5) is 0. The van der Waals surface area contributed by atoms with Crippen LogP contribution in [0.3, 0.4) is 0 Å². The van der Waals surface area contributed by atoms with Crippen LogP contribution in [0, 0.1) is 11.7 Å². The van der Waals surface area contributed by atoms with Gasteiger partial charge in [0.1, 0.15) is 5.82 Å². The van der Waals surface area contributed by atoms with Crippen LogP contribution < -0.4 is 0 Å². The van der Waals surface area contributed by atoms with Crippen LogP contribution in [-0.2, 0) is 12.8 Å². The van der Waals surface area contributed by atoms with Gasteiger partial charge in [-0.25, -0.2) is 4.39 Å². The summed E-state index contributed by atoms with van der Waals surface area (Å²) >= 11 is 15.1. The van der Waals surface area contributed by atoms with Crippen molar-refractivity contribution in [2.45, 2.75) is 12.8 Å². The molecule has 0 N–H and O–H groups in total. The van der Waals surface area contributed by atoms with Crippen LogP contribution in [0.5, 0.6) is 0 Å². The third-order valence-electron chi connectivity index (χ3n) is 3.16. The largest absolute Gasteiger partial charge is 0.206 e. The van der Waals surface area contributed by atoms with Crippen molar-refractivity contribution in [2.75, 3.05) is 5.88 Å². The molecule has 0 amide bonds. The summed E-state index contributed by atoms with van der Waals surface area (Å²) in [5.74, 6) is 0.640. The first kappa shape index (κ1) is 15.8. The molecule has 1 atom stereocenters. The third kappa shape index (κ3) is 4.47. The number of halogens is 4. The summed E-state index contributed by atoms with van der Waals surface area (Å²) in [5.41, 5.74) is 2.29. The highest BCUT2D eigenvalue weighted by Crippen LogP contribution is 2.22. The smallest absolute Gasteiger partial charge is 0.137 e. The number of rotatable bonds is 5. The van der Waals surface area contributed by atoms with Crippen LogP contribution in [0.4, 0.5) is 4.39 Å². The standard InChI is InChI=1S/C16H14BrCl2F/c17-15-9-12(3-6-16(15)20)8-13(10-18)7-11-1-4-14(19)5-2-11/h1-6,9,13H,7-8,10H2. The Balaban J connectivity index is 2.04. The molecule has 0 spiro atoms. The molecule has 106 valence electrons. The van der Waals surface area contributed by atoms with Gasteiger partial charge in [-0.2, -0.15) is 0 Å². The molecule has 2 rings (SSSR count). The van der Waals surface area contributed by atoms with E-state index in [0.717, 1.165) is 23.4 Å². The van der Waals surface area contributed by atoms with Gasteiger partial charge in [0.05, 0.1) is 4.47 Å². The van der Waals surface area contributed by atoms with E-state index in [2.05, 4.69) is 15.9 Å². The van der Waals surface area contributed by atoms with Gasteiger partial charge in [-0.1, -0.05) is 29.8 Å². The van der Waals surface area contributed by atoms with E-state index < -0.39 is 0 Å². The molecule has 0 aliphatic heterocycles. The highest BCUT2D eigenvalue weighted by Gasteiger charge is 2.11. The molecule has 0 aliphatic rings. The van der Waals surface area contributed by atoms with Gasteiger partial charge in [-0.05, 0) is 70.1 Å². The van der Waals surface area contributed by atoms with Crippen LogP contribution in [0.1, 0.15) is 11.1 Å². The van der Waals surface area contributed by atoms with Gasteiger partial charge in [-0.3, -0.25) is 0 Å². The van der Waals surface area contributed by atoms with Crippen LogP contribution in [0.15, 0.2) is 46.9 Å². The Morgan fingerprint density at radius 2 is 1.60 bits per heavy atom. The minimum atomic E-state index is -0.242. The molecule has 2 aromatic carbocycles. The van der Waals surface area contributed by atoms with Crippen molar-refractivity contribution < 1.29 is 4.39 Å². The fraction of sp³-hybridized carbons (Fsp3) is 0.250. The average Bonchev–Trinajstić information content (AvgIpc) is 2.44. The maximum absolute atomic E-state index is 13.2. The number of hydrogen-bond acceptors (Lipinski definition) is 0. The van der Waals surface area contributed by atoms with Crippen molar-refractivity contribution >= 4 is 39.1 Å². The summed E-state index contributed by atoms with van der Waals surface area (Å²) < 4.78 is 13.7. The zero-order valence-electron chi connectivity index (χ0n) is 10.8. The van der Waals surface area contributed by atoms with Crippen molar-refractivity contribution in [3.05, 3.63) is 68.9 Å². The zero-order valence-corrected chi connectivity index (χ0v) is 13.8. The summed E-state index contributed by atoms with van der Waals surface area (Å²) in [6.45, 7) is 0. The minimum Gasteiger partial charge on any atom is -0.206 e. The lowest BCUT2D eigenvalue weighted by atomic mass is 9.94. The van der Waals surface area contributed by atoms with Gasteiger partial charge in [0.2, 0.25) is 0 Å². The molecular weight excluding hydrogens is 362 g/mol. The van der Waals surface area contributed by atoms with Crippen LogP contribution in [0.25, 0.3) is 0 Å². The quantitative estimate of drug-likeness (QED) is 0.572. The first-order valence-corrected chi connectivity index (χ1v) is 8.03. The predicted octanol–water partition coefficient (Wildman–Crippen LogP) is 5.88. The first-order chi connectivity index (χ1) is 9.58. The van der Waals surface area contributed by atoms with Crippen molar-refractivity contribution in [2.24, 2.45) is 5.92 Å². The maximum atomic E-state index is 13.2. The molecule has 0 aliphatic carbocycles. The van der Waals surface area contributed by atoms with Crippen molar-refractivity contribution in [1.29, 1.82) is 0 Å². The zero-order chi connectivity index (χ0) is 14.5. The number of hydrogen-bond donors (Lipinski definition) is 0. The average molecular weight is 376 g/mol. The maximum Gasteiger partial charge on any atom is 0.137 e. The Bertz CT molecular complexity index is 569. The summed E-state index contributed by atoms with van der Waals surface area (Å²) in [5, 5.41) is 0.735. The van der Waals surface area contributed by atoms with E-state index >= 15 is 0 Å². The molecular formula is C16H14BrCl2F. The second-order valence-corrected chi connectivity index (χ2v) is 6.40. The second-order valence-electron chi connectivity index (χ2n) is 4.80. The molecule has 0 fully saturated rings. The highest BCUT2D eigenvalue weighted by molar-refractivity contribution is 9.10. The molecule has 0 heterocycles. The summed E-state index contributed by atoms with van der Waals surface area (Å²) in [7, 11) is 0.